The number of likely N-dealkylation sites (N-methyl/N-ethyl adjacent to an activating group) is 1. The molecule has 0 radical (unpaired) electrons. The Morgan fingerprint density at radius 2 is 1.88 bits per heavy atom. The third-order valence-electron chi connectivity index (χ3n) is 1.87. The van der Waals surface area contributed by atoms with Crippen LogP contribution in [0.2, 0.25) is 0 Å². The zero-order chi connectivity index (χ0) is 12.6. The maximum Gasteiger partial charge on any atom is 0.256 e. The van der Waals surface area contributed by atoms with Crippen LogP contribution in [0.1, 0.15) is 6.92 Å². The number of hydrogen-bond donors (Lipinski definition) is 1. The first-order chi connectivity index (χ1) is 7.47. The summed E-state index contributed by atoms with van der Waals surface area (Å²) in [4.78, 5) is 24.2. The minimum Gasteiger partial charge on any atom is -0.308 e. The Hall–Kier alpha value is -1.27. The fourth-order valence-corrected chi connectivity index (χ4v) is 1.01. The minimum absolute atomic E-state index is 0.000737. The van der Waals surface area contributed by atoms with Gasteiger partial charge >= 0.3 is 0 Å². The lowest BCUT2D eigenvalue weighted by Crippen LogP contribution is -2.39. The molecule has 0 atom stereocenters. The highest BCUT2D eigenvalue weighted by Crippen LogP contribution is 1.90. The van der Waals surface area contributed by atoms with Crippen LogP contribution in [-0.4, -0.2) is 68.6 Å². The highest BCUT2D eigenvalue weighted by atomic mass is 16.2. The number of hydrazone groups is 1. The van der Waals surface area contributed by atoms with Crippen LogP contribution in [0.15, 0.2) is 5.10 Å². The summed E-state index contributed by atoms with van der Waals surface area (Å²) >= 11 is 0. The van der Waals surface area contributed by atoms with Gasteiger partial charge in [0.1, 0.15) is 5.78 Å². The van der Waals surface area contributed by atoms with E-state index >= 15 is 0 Å². The molecule has 0 heterocycles. The van der Waals surface area contributed by atoms with E-state index in [0.29, 0.717) is 6.54 Å². The van der Waals surface area contributed by atoms with Gasteiger partial charge in [-0.15, -0.1) is 0 Å². The summed E-state index contributed by atoms with van der Waals surface area (Å²) in [7, 11) is 3.83. The van der Waals surface area contributed by atoms with Gasteiger partial charge in [0, 0.05) is 13.3 Å². The predicted octanol–water partition coefficient (Wildman–Crippen LogP) is -0.829. The maximum atomic E-state index is 11.6. The number of amides is 1. The standard InChI is InChI=1S/C10H20N4O2/c1-9(15)7-12-8-10(16)14(11-2)6-5-13(3)4/h12H,2,5-8H2,1,3-4H3. The lowest BCUT2D eigenvalue weighted by molar-refractivity contribution is -0.130. The SMILES string of the molecule is C=NN(CCN(C)C)C(=O)CNCC(C)=O. The van der Waals surface area contributed by atoms with Crippen molar-refractivity contribution in [2.24, 2.45) is 5.10 Å². The van der Waals surface area contributed by atoms with E-state index in [1.54, 1.807) is 0 Å². The number of carbonyl (C=O) groups excluding carboxylic acids is 2. The molecule has 0 aliphatic rings. The molecule has 1 amide bonds. The van der Waals surface area contributed by atoms with Crippen molar-refractivity contribution < 1.29 is 9.59 Å². The second-order valence-electron chi connectivity index (χ2n) is 3.77. The molecular weight excluding hydrogens is 208 g/mol. The molecule has 0 unspecified atom stereocenters. The van der Waals surface area contributed by atoms with Gasteiger partial charge in [0.25, 0.3) is 5.91 Å². The zero-order valence-electron chi connectivity index (χ0n) is 10.2. The predicted molar refractivity (Wildman–Crippen MR) is 63.4 cm³/mol. The molecule has 16 heavy (non-hydrogen) atoms. The fraction of sp³-hybridized carbons (Fsp3) is 0.700. The summed E-state index contributed by atoms with van der Waals surface area (Å²) < 4.78 is 0. The van der Waals surface area contributed by atoms with Crippen molar-refractivity contribution in [3.8, 4) is 0 Å². The van der Waals surface area contributed by atoms with E-state index in [-0.39, 0.29) is 24.8 Å². The van der Waals surface area contributed by atoms with Crippen LogP contribution in [0.25, 0.3) is 0 Å². The molecule has 0 saturated carbocycles. The normalized spacial score (nSPS) is 10.2. The Kier molecular flexibility index (Phi) is 7.32. The average molecular weight is 228 g/mol. The molecule has 0 saturated heterocycles. The largest absolute Gasteiger partial charge is 0.308 e. The van der Waals surface area contributed by atoms with Gasteiger partial charge in [-0.1, -0.05) is 0 Å². The second-order valence-corrected chi connectivity index (χ2v) is 3.77. The Bertz CT molecular complexity index is 253. The number of Topliss-reactive ketones (excluding diaryl/α,β-unsaturated/α-hetero) is 1. The molecule has 6 heteroatoms. The highest BCUT2D eigenvalue weighted by molar-refractivity contribution is 5.81. The van der Waals surface area contributed by atoms with E-state index in [0.717, 1.165) is 6.54 Å². The summed E-state index contributed by atoms with van der Waals surface area (Å²) in [6.07, 6.45) is 0. The third kappa shape index (κ3) is 7.08. The monoisotopic (exact) mass is 228 g/mol. The molecule has 0 bridgehead atoms. The van der Waals surface area contributed by atoms with Gasteiger partial charge in [-0.25, -0.2) is 5.01 Å². The molecule has 0 rings (SSSR count). The number of carbonyl (C=O) groups is 2. The first-order valence-electron chi connectivity index (χ1n) is 5.09. The van der Waals surface area contributed by atoms with Crippen LogP contribution < -0.4 is 5.32 Å². The van der Waals surface area contributed by atoms with Crippen LogP contribution in [0, 0.1) is 0 Å². The summed E-state index contributed by atoms with van der Waals surface area (Å²) in [6, 6.07) is 0. The van der Waals surface area contributed by atoms with Crippen molar-refractivity contribution in [2.45, 2.75) is 6.92 Å². The molecule has 0 aromatic rings. The summed E-state index contributed by atoms with van der Waals surface area (Å²) in [6.45, 7) is 6.33. The summed E-state index contributed by atoms with van der Waals surface area (Å²) in [5.41, 5.74) is 0. The Morgan fingerprint density at radius 1 is 1.25 bits per heavy atom. The molecule has 0 spiro atoms. The highest BCUT2D eigenvalue weighted by Gasteiger charge is 2.11. The Balaban J connectivity index is 3.91. The van der Waals surface area contributed by atoms with E-state index in [2.05, 4.69) is 17.1 Å². The van der Waals surface area contributed by atoms with Crippen LogP contribution >= 0.6 is 0 Å². The Labute approximate surface area is 96.3 Å². The lowest BCUT2D eigenvalue weighted by Gasteiger charge is -2.18. The molecular formula is C10H20N4O2. The van der Waals surface area contributed by atoms with E-state index in [9.17, 15) is 9.59 Å². The van der Waals surface area contributed by atoms with Crippen LogP contribution in [-0.2, 0) is 9.59 Å². The van der Waals surface area contributed by atoms with Gasteiger partial charge < -0.3 is 10.2 Å². The second kappa shape index (κ2) is 7.95. The lowest BCUT2D eigenvalue weighted by atomic mass is 10.4. The van der Waals surface area contributed by atoms with E-state index in [1.165, 1.54) is 11.9 Å². The number of rotatable bonds is 8. The van der Waals surface area contributed by atoms with Crippen molar-refractivity contribution in [3.63, 3.8) is 0 Å². The Morgan fingerprint density at radius 3 is 2.31 bits per heavy atom. The van der Waals surface area contributed by atoms with Crippen LogP contribution in [0.3, 0.4) is 0 Å². The van der Waals surface area contributed by atoms with Gasteiger partial charge in [-0.3, -0.25) is 9.59 Å². The maximum absolute atomic E-state index is 11.6. The topological polar surface area (TPSA) is 65.0 Å². The summed E-state index contributed by atoms with van der Waals surface area (Å²) in [5.74, 6) is -0.183. The number of hydrogen-bond acceptors (Lipinski definition) is 5. The van der Waals surface area contributed by atoms with Crippen LogP contribution in [0.5, 0.6) is 0 Å². The van der Waals surface area contributed by atoms with Crippen LogP contribution in [0.4, 0.5) is 0 Å². The molecule has 0 aromatic carbocycles. The number of nitrogens with one attached hydrogen (secondary N) is 1. The third-order valence-corrected chi connectivity index (χ3v) is 1.87. The van der Waals surface area contributed by atoms with Crippen molar-refractivity contribution in [1.82, 2.24) is 15.2 Å². The smallest absolute Gasteiger partial charge is 0.256 e. The van der Waals surface area contributed by atoms with Crippen molar-refractivity contribution >= 4 is 18.4 Å². The molecule has 1 N–H and O–H groups in total. The minimum atomic E-state index is -0.182. The van der Waals surface area contributed by atoms with E-state index < -0.39 is 0 Å². The van der Waals surface area contributed by atoms with Crippen molar-refractivity contribution in [2.75, 3.05) is 40.3 Å². The quantitative estimate of drug-likeness (QED) is 0.435. The number of ketones is 1. The van der Waals surface area contributed by atoms with Gasteiger partial charge in [0.05, 0.1) is 19.6 Å². The molecule has 0 aliphatic carbocycles. The van der Waals surface area contributed by atoms with E-state index in [1.807, 2.05) is 19.0 Å². The molecule has 0 aromatic heterocycles. The fourth-order valence-electron chi connectivity index (χ4n) is 1.01. The zero-order valence-corrected chi connectivity index (χ0v) is 10.2. The molecule has 0 aliphatic heterocycles. The molecule has 0 fully saturated rings. The van der Waals surface area contributed by atoms with Gasteiger partial charge in [-0.2, -0.15) is 5.10 Å². The van der Waals surface area contributed by atoms with Gasteiger partial charge in [0.15, 0.2) is 0 Å². The van der Waals surface area contributed by atoms with Crippen molar-refractivity contribution in [3.05, 3.63) is 0 Å². The van der Waals surface area contributed by atoms with Crippen molar-refractivity contribution in [1.29, 1.82) is 0 Å². The number of nitrogens with zero attached hydrogens (tertiary/aromatic N) is 3. The van der Waals surface area contributed by atoms with Gasteiger partial charge in [-0.05, 0) is 21.0 Å². The van der Waals surface area contributed by atoms with E-state index in [4.69, 9.17) is 0 Å². The first kappa shape index (κ1) is 14.7. The molecule has 6 nitrogen and oxygen atoms in total. The van der Waals surface area contributed by atoms with Gasteiger partial charge in [0.2, 0.25) is 0 Å². The average Bonchev–Trinajstić information content (AvgIpc) is 2.17. The molecule has 92 valence electrons. The summed E-state index contributed by atoms with van der Waals surface area (Å²) in [5, 5.41) is 7.68. The first-order valence-corrected chi connectivity index (χ1v) is 5.09.